The minimum absolute atomic E-state index is 0.160. The van der Waals surface area contributed by atoms with Crippen LogP contribution in [0.5, 0.6) is 11.9 Å². The predicted octanol–water partition coefficient (Wildman–Crippen LogP) is 1.55. The first-order valence-electron chi connectivity index (χ1n) is 5.62. The molecular weight excluding hydrogens is 236 g/mol. The van der Waals surface area contributed by atoms with Crippen molar-refractivity contribution in [1.82, 2.24) is 9.97 Å². The van der Waals surface area contributed by atoms with E-state index in [-0.39, 0.29) is 17.3 Å². The van der Waals surface area contributed by atoms with Crippen molar-refractivity contribution in [2.24, 2.45) is 0 Å². The molecule has 96 valence electrons. The Labute approximate surface area is 104 Å². The van der Waals surface area contributed by atoms with Crippen molar-refractivity contribution in [3.8, 4) is 11.9 Å². The molecule has 0 unspecified atom stereocenters. The summed E-state index contributed by atoms with van der Waals surface area (Å²) in [7, 11) is 2.89. The third-order valence-electron chi connectivity index (χ3n) is 2.48. The summed E-state index contributed by atoms with van der Waals surface area (Å²) in [5.41, 5.74) is -0.0196. The van der Waals surface area contributed by atoms with Gasteiger partial charge in [0.15, 0.2) is 0 Å². The number of nitrogens with zero attached hydrogens (tertiary/aromatic N) is 2. The number of fused-ring (bicyclic) bond motifs is 1. The molecule has 0 aromatic carbocycles. The van der Waals surface area contributed by atoms with Gasteiger partial charge in [0.05, 0.1) is 19.7 Å². The van der Waals surface area contributed by atoms with Crippen LogP contribution in [-0.4, -0.2) is 24.2 Å². The zero-order chi connectivity index (χ0) is 13.1. The van der Waals surface area contributed by atoms with E-state index in [9.17, 15) is 4.79 Å². The number of ether oxygens (including phenoxy) is 2. The lowest BCUT2D eigenvalue weighted by Gasteiger charge is -2.06. The Morgan fingerprint density at radius 1 is 1.28 bits per heavy atom. The molecule has 0 saturated carbocycles. The molecule has 0 spiro atoms. The van der Waals surface area contributed by atoms with Crippen molar-refractivity contribution >= 4 is 10.9 Å². The van der Waals surface area contributed by atoms with Gasteiger partial charge in [-0.25, -0.2) is 4.79 Å². The summed E-state index contributed by atoms with van der Waals surface area (Å²) >= 11 is 0. The van der Waals surface area contributed by atoms with E-state index in [0.29, 0.717) is 17.7 Å². The molecule has 0 atom stereocenters. The van der Waals surface area contributed by atoms with E-state index >= 15 is 0 Å². The second-order valence-corrected chi connectivity index (χ2v) is 3.73. The maximum absolute atomic E-state index is 11.9. The fourth-order valence-electron chi connectivity index (χ4n) is 1.69. The van der Waals surface area contributed by atoms with Crippen molar-refractivity contribution in [2.75, 3.05) is 14.2 Å². The van der Waals surface area contributed by atoms with Crippen molar-refractivity contribution < 1.29 is 13.9 Å². The lowest BCUT2D eigenvalue weighted by Crippen LogP contribution is -2.07. The van der Waals surface area contributed by atoms with E-state index in [4.69, 9.17) is 13.9 Å². The molecule has 2 heterocycles. The van der Waals surface area contributed by atoms with Gasteiger partial charge >= 0.3 is 11.6 Å². The summed E-state index contributed by atoms with van der Waals surface area (Å²) in [6, 6.07) is 1.87. The summed E-state index contributed by atoms with van der Waals surface area (Å²) in [6.45, 7) is 2.01. The first-order chi connectivity index (χ1) is 8.69. The molecule has 6 nitrogen and oxygen atoms in total. The first-order valence-corrected chi connectivity index (χ1v) is 5.62. The SMILES string of the molecule is CCCc1cc2nc(OC)nc(OC)c2c(=O)o1. The second-order valence-electron chi connectivity index (χ2n) is 3.73. The average molecular weight is 250 g/mol. The van der Waals surface area contributed by atoms with Gasteiger partial charge in [0.1, 0.15) is 11.1 Å². The van der Waals surface area contributed by atoms with Crippen LogP contribution in [0.4, 0.5) is 0 Å². The lowest BCUT2D eigenvalue weighted by molar-refractivity contribution is 0.355. The summed E-state index contributed by atoms with van der Waals surface area (Å²) in [5, 5.41) is 0.234. The third-order valence-corrected chi connectivity index (χ3v) is 2.48. The molecular formula is C12H14N2O4. The number of aromatic nitrogens is 2. The van der Waals surface area contributed by atoms with Crippen molar-refractivity contribution in [3.63, 3.8) is 0 Å². The highest BCUT2D eigenvalue weighted by Gasteiger charge is 2.14. The molecule has 0 N–H and O–H groups in total. The van der Waals surface area contributed by atoms with E-state index in [1.54, 1.807) is 6.07 Å². The average Bonchev–Trinajstić information content (AvgIpc) is 2.37. The Morgan fingerprint density at radius 2 is 2.06 bits per heavy atom. The first kappa shape index (κ1) is 12.3. The van der Waals surface area contributed by atoms with Crippen molar-refractivity contribution in [3.05, 3.63) is 22.2 Å². The standard InChI is InChI=1S/C12H14N2O4/c1-4-5-7-6-8-9(11(15)18-7)10(16-2)14-12(13-8)17-3/h6H,4-5H2,1-3H3. The lowest BCUT2D eigenvalue weighted by atomic mass is 10.2. The van der Waals surface area contributed by atoms with Crippen molar-refractivity contribution in [1.29, 1.82) is 0 Å². The van der Waals surface area contributed by atoms with E-state index in [1.165, 1.54) is 14.2 Å². The highest BCUT2D eigenvalue weighted by Crippen LogP contribution is 2.22. The molecule has 2 aromatic heterocycles. The highest BCUT2D eigenvalue weighted by atomic mass is 16.5. The summed E-state index contributed by atoms with van der Waals surface area (Å²) in [5.74, 6) is 0.756. The molecule has 18 heavy (non-hydrogen) atoms. The number of rotatable bonds is 4. The largest absolute Gasteiger partial charge is 0.480 e. The van der Waals surface area contributed by atoms with Crippen LogP contribution in [0.25, 0.3) is 10.9 Å². The summed E-state index contributed by atoms with van der Waals surface area (Å²) < 4.78 is 15.2. The molecule has 2 rings (SSSR count). The third kappa shape index (κ3) is 2.13. The zero-order valence-corrected chi connectivity index (χ0v) is 10.5. The minimum atomic E-state index is -0.490. The van der Waals surface area contributed by atoms with Crippen molar-refractivity contribution in [2.45, 2.75) is 19.8 Å². The number of hydrogen-bond acceptors (Lipinski definition) is 6. The smallest absolute Gasteiger partial charge is 0.350 e. The van der Waals surface area contributed by atoms with Crippen LogP contribution >= 0.6 is 0 Å². The van der Waals surface area contributed by atoms with E-state index in [2.05, 4.69) is 9.97 Å². The molecule has 0 aliphatic rings. The van der Waals surface area contributed by atoms with E-state index in [0.717, 1.165) is 6.42 Å². The zero-order valence-electron chi connectivity index (χ0n) is 10.5. The topological polar surface area (TPSA) is 74.5 Å². The normalized spacial score (nSPS) is 10.6. The van der Waals surface area contributed by atoms with E-state index < -0.39 is 5.63 Å². The van der Waals surface area contributed by atoms with Gasteiger partial charge in [-0.15, -0.1) is 0 Å². The number of hydrogen-bond donors (Lipinski definition) is 0. The summed E-state index contributed by atoms with van der Waals surface area (Å²) in [6.07, 6.45) is 1.56. The van der Waals surface area contributed by atoms with Crippen LogP contribution < -0.4 is 15.1 Å². The van der Waals surface area contributed by atoms with Crippen LogP contribution in [0, 0.1) is 0 Å². The fraction of sp³-hybridized carbons (Fsp3) is 0.417. The minimum Gasteiger partial charge on any atom is -0.480 e. The van der Waals surface area contributed by atoms with Gasteiger partial charge in [-0.1, -0.05) is 6.92 Å². The Morgan fingerprint density at radius 3 is 2.67 bits per heavy atom. The predicted molar refractivity (Wildman–Crippen MR) is 65.2 cm³/mol. The molecule has 0 bridgehead atoms. The van der Waals surface area contributed by atoms with Gasteiger partial charge < -0.3 is 13.9 Å². The van der Waals surface area contributed by atoms with Gasteiger partial charge in [0, 0.05) is 12.5 Å². The Bertz CT molecular complexity index is 621. The summed E-state index contributed by atoms with van der Waals surface area (Å²) in [4.78, 5) is 20.0. The fourth-order valence-corrected chi connectivity index (χ4v) is 1.69. The van der Waals surface area contributed by atoms with Gasteiger partial charge in [-0.3, -0.25) is 0 Å². The number of aryl methyl sites for hydroxylation is 1. The van der Waals surface area contributed by atoms with Crippen LogP contribution in [0.15, 0.2) is 15.3 Å². The van der Waals surface area contributed by atoms with E-state index in [1.807, 2.05) is 6.92 Å². The Balaban J connectivity index is 2.74. The van der Waals surface area contributed by atoms with Gasteiger partial charge in [-0.2, -0.15) is 9.97 Å². The number of methoxy groups -OCH3 is 2. The van der Waals surface area contributed by atoms with Crippen LogP contribution in [0.3, 0.4) is 0 Å². The van der Waals surface area contributed by atoms with Crippen LogP contribution in [0.1, 0.15) is 19.1 Å². The molecule has 2 aromatic rings. The molecule has 0 aliphatic heterocycles. The van der Waals surface area contributed by atoms with Crippen LogP contribution in [0.2, 0.25) is 0 Å². The molecule has 0 amide bonds. The molecule has 0 radical (unpaired) electrons. The van der Waals surface area contributed by atoms with Gasteiger partial charge in [-0.05, 0) is 6.42 Å². The molecule has 0 saturated heterocycles. The quantitative estimate of drug-likeness (QED) is 0.819. The Hall–Kier alpha value is -2.11. The monoisotopic (exact) mass is 250 g/mol. The van der Waals surface area contributed by atoms with Crippen LogP contribution in [-0.2, 0) is 6.42 Å². The second kappa shape index (κ2) is 5.03. The molecule has 6 heteroatoms. The molecule has 0 aliphatic carbocycles. The highest BCUT2D eigenvalue weighted by molar-refractivity contribution is 5.82. The maximum atomic E-state index is 11.9. The Kier molecular flexibility index (Phi) is 3.45. The maximum Gasteiger partial charge on any atom is 0.350 e. The molecule has 0 fully saturated rings. The van der Waals surface area contributed by atoms with Gasteiger partial charge in [0.25, 0.3) is 0 Å². The van der Waals surface area contributed by atoms with Gasteiger partial charge in [0.2, 0.25) is 5.88 Å².